The van der Waals surface area contributed by atoms with Crippen LogP contribution in [0.15, 0.2) is 18.2 Å². The van der Waals surface area contributed by atoms with Gasteiger partial charge in [0.15, 0.2) is 0 Å². The highest BCUT2D eigenvalue weighted by molar-refractivity contribution is 6.30. The van der Waals surface area contributed by atoms with Crippen molar-refractivity contribution < 1.29 is 14.0 Å². The summed E-state index contributed by atoms with van der Waals surface area (Å²) in [5.74, 6) is -0.488. The van der Waals surface area contributed by atoms with Crippen molar-refractivity contribution in [3.63, 3.8) is 0 Å². The van der Waals surface area contributed by atoms with E-state index in [2.05, 4.69) is 0 Å². The zero-order chi connectivity index (χ0) is 17.3. The molecular weight excluding hydrogens is 331 g/mol. The summed E-state index contributed by atoms with van der Waals surface area (Å²) in [6, 6.07) is 4.19. The molecule has 1 aromatic rings. The molecule has 0 N–H and O–H groups in total. The number of amides is 2. The fourth-order valence-corrected chi connectivity index (χ4v) is 3.91. The molecule has 2 heterocycles. The average Bonchev–Trinajstić information content (AvgIpc) is 2.60. The second-order valence-corrected chi connectivity index (χ2v) is 7.24. The molecule has 0 atom stereocenters. The number of piperidine rings is 2. The maximum Gasteiger partial charge on any atom is 0.253 e. The first-order valence-corrected chi connectivity index (χ1v) is 8.84. The molecule has 0 bridgehead atoms. The van der Waals surface area contributed by atoms with Gasteiger partial charge in [0, 0.05) is 38.2 Å². The molecule has 4 nitrogen and oxygen atoms in total. The van der Waals surface area contributed by atoms with Crippen molar-refractivity contribution in [2.45, 2.75) is 32.6 Å². The molecule has 2 aliphatic rings. The van der Waals surface area contributed by atoms with Gasteiger partial charge >= 0.3 is 0 Å². The number of carbonyl (C=O) groups is 2. The van der Waals surface area contributed by atoms with Crippen molar-refractivity contribution in [2.75, 3.05) is 26.2 Å². The van der Waals surface area contributed by atoms with Gasteiger partial charge in [0.2, 0.25) is 5.91 Å². The van der Waals surface area contributed by atoms with Crippen LogP contribution < -0.4 is 0 Å². The van der Waals surface area contributed by atoms with Crippen LogP contribution in [-0.2, 0) is 4.79 Å². The summed E-state index contributed by atoms with van der Waals surface area (Å²) in [7, 11) is 0. The maximum absolute atomic E-state index is 13.6. The van der Waals surface area contributed by atoms with Crippen molar-refractivity contribution in [1.29, 1.82) is 0 Å². The largest absolute Gasteiger partial charge is 0.342 e. The lowest BCUT2D eigenvalue weighted by molar-refractivity contribution is -0.138. The molecule has 0 unspecified atom stereocenters. The SMILES string of the molecule is CCN1CC2(CCC1=O)CCN(C(=O)c1ccc(Cl)c(F)c1)CC2. The van der Waals surface area contributed by atoms with Crippen LogP contribution in [0.1, 0.15) is 43.0 Å². The Bertz CT molecular complexity index is 656. The van der Waals surface area contributed by atoms with Gasteiger partial charge in [0.05, 0.1) is 5.02 Å². The first-order chi connectivity index (χ1) is 11.4. The monoisotopic (exact) mass is 352 g/mol. The predicted molar refractivity (Wildman–Crippen MR) is 90.5 cm³/mol. The zero-order valence-corrected chi connectivity index (χ0v) is 14.6. The van der Waals surface area contributed by atoms with Gasteiger partial charge in [-0.1, -0.05) is 11.6 Å². The summed E-state index contributed by atoms with van der Waals surface area (Å²) >= 11 is 5.68. The Morgan fingerprint density at radius 2 is 2.00 bits per heavy atom. The Labute approximate surface area is 146 Å². The molecule has 0 aromatic heterocycles. The van der Waals surface area contributed by atoms with Crippen molar-refractivity contribution >= 4 is 23.4 Å². The third kappa shape index (κ3) is 3.27. The number of benzene rings is 1. The van der Waals surface area contributed by atoms with E-state index in [-0.39, 0.29) is 22.3 Å². The third-order valence-corrected chi connectivity index (χ3v) is 5.71. The summed E-state index contributed by atoms with van der Waals surface area (Å²) in [6.07, 6.45) is 3.28. The Kier molecular flexibility index (Phi) is 4.81. The molecule has 2 aliphatic heterocycles. The molecule has 130 valence electrons. The summed E-state index contributed by atoms with van der Waals surface area (Å²) in [6.45, 7) is 4.83. The third-order valence-electron chi connectivity index (χ3n) is 5.41. The molecule has 2 amide bonds. The molecule has 2 fully saturated rings. The minimum Gasteiger partial charge on any atom is -0.342 e. The standard InChI is InChI=1S/C18H22ClFN2O2/c1-2-21-12-18(6-5-16(21)23)7-9-22(10-8-18)17(24)13-3-4-14(19)15(20)11-13/h3-4,11H,2,5-10,12H2,1H3. The molecule has 2 saturated heterocycles. The Morgan fingerprint density at radius 1 is 1.29 bits per heavy atom. The van der Waals surface area contributed by atoms with Gasteiger partial charge in [-0.25, -0.2) is 4.39 Å². The van der Waals surface area contributed by atoms with Crippen molar-refractivity contribution in [2.24, 2.45) is 5.41 Å². The van der Waals surface area contributed by atoms with E-state index in [1.165, 1.54) is 12.1 Å². The predicted octanol–water partition coefficient (Wildman–Crippen LogP) is 3.34. The van der Waals surface area contributed by atoms with Crippen molar-refractivity contribution in [1.82, 2.24) is 9.80 Å². The molecule has 1 spiro atoms. The topological polar surface area (TPSA) is 40.6 Å². The molecular formula is C18H22ClFN2O2. The summed E-state index contributed by atoms with van der Waals surface area (Å²) in [4.78, 5) is 28.1. The number of carbonyl (C=O) groups excluding carboxylic acids is 2. The maximum atomic E-state index is 13.6. The van der Waals surface area contributed by atoms with Crippen LogP contribution in [0.5, 0.6) is 0 Å². The van der Waals surface area contributed by atoms with Crippen LogP contribution in [0.25, 0.3) is 0 Å². The summed E-state index contributed by atoms with van der Waals surface area (Å²) in [5, 5.41) is 0.0238. The normalized spacial score (nSPS) is 20.5. The van der Waals surface area contributed by atoms with Gasteiger partial charge in [0.25, 0.3) is 5.91 Å². The molecule has 0 radical (unpaired) electrons. The van der Waals surface area contributed by atoms with E-state index in [1.54, 1.807) is 11.0 Å². The van der Waals surface area contributed by atoms with Crippen LogP contribution in [0.2, 0.25) is 5.02 Å². The highest BCUT2D eigenvalue weighted by Gasteiger charge is 2.41. The smallest absolute Gasteiger partial charge is 0.253 e. The van der Waals surface area contributed by atoms with E-state index in [1.807, 2.05) is 11.8 Å². The van der Waals surface area contributed by atoms with Gasteiger partial charge in [-0.2, -0.15) is 0 Å². The van der Waals surface area contributed by atoms with Crippen LogP contribution >= 0.6 is 11.6 Å². The minimum absolute atomic E-state index is 0.0238. The van der Waals surface area contributed by atoms with Crippen LogP contribution in [-0.4, -0.2) is 47.8 Å². The lowest BCUT2D eigenvalue weighted by Crippen LogP contribution is -2.52. The van der Waals surface area contributed by atoms with Gasteiger partial charge in [-0.05, 0) is 49.8 Å². The average molecular weight is 353 g/mol. The molecule has 1 aromatic carbocycles. The van der Waals surface area contributed by atoms with Gasteiger partial charge in [-0.3, -0.25) is 9.59 Å². The fourth-order valence-electron chi connectivity index (χ4n) is 3.79. The number of likely N-dealkylation sites (tertiary alicyclic amines) is 2. The van der Waals surface area contributed by atoms with Crippen LogP contribution in [0.3, 0.4) is 0 Å². The van der Waals surface area contributed by atoms with E-state index in [4.69, 9.17) is 11.6 Å². The first kappa shape index (κ1) is 17.2. The highest BCUT2D eigenvalue weighted by Crippen LogP contribution is 2.40. The quantitative estimate of drug-likeness (QED) is 0.819. The zero-order valence-electron chi connectivity index (χ0n) is 13.9. The Hall–Kier alpha value is -1.62. The van der Waals surface area contributed by atoms with Crippen molar-refractivity contribution in [3.05, 3.63) is 34.6 Å². The first-order valence-electron chi connectivity index (χ1n) is 8.46. The van der Waals surface area contributed by atoms with Crippen LogP contribution in [0, 0.1) is 11.2 Å². The second kappa shape index (κ2) is 6.71. The molecule has 0 saturated carbocycles. The second-order valence-electron chi connectivity index (χ2n) is 6.83. The van der Waals surface area contributed by atoms with E-state index in [0.29, 0.717) is 25.1 Å². The lowest BCUT2D eigenvalue weighted by Gasteiger charge is -2.47. The highest BCUT2D eigenvalue weighted by atomic mass is 35.5. The van der Waals surface area contributed by atoms with Crippen LogP contribution in [0.4, 0.5) is 4.39 Å². The Morgan fingerprint density at radius 3 is 2.62 bits per heavy atom. The summed E-state index contributed by atoms with van der Waals surface area (Å²) < 4.78 is 13.6. The van der Waals surface area contributed by atoms with Gasteiger partial charge in [0.1, 0.15) is 5.82 Å². The molecule has 3 rings (SSSR count). The fraction of sp³-hybridized carbons (Fsp3) is 0.556. The number of rotatable bonds is 2. The lowest BCUT2D eigenvalue weighted by atomic mass is 9.72. The van der Waals surface area contributed by atoms with E-state index in [0.717, 1.165) is 32.4 Å². The van der Waals surface area contributed by atoms with E-state index in [9.17, 15) is 14.0 Å². The van der Waals surface area contributed by atoms with E-state index >= 15 is 0 Å². The Balaban J connectivity index is 1.65. The molecule has 6 heteroatoms. The molecule has 0 aliphatic carbocycles. The molecule has 24 heavy (non-hydrogen) atoms. The number of halogens is 2. The number of nitrogens with zero attached hydrogens (tertiary/aromatic N) is 2. The number of hydrogen-bond acceptors (Lipinski definition) is 2. The van der Waals surface area contributed by atoms with E-state index < -0.39 is 5.82 Å². The minimum atomic E-state index is -0.569. The number of hydrogen-bond donors (Lipinski definition) is 0. The summed E-state index contributed by atoms with van der Waals surface area (Å²) in [5.41, 5.74) is 0.466. The van der Waals surface area contributed by atoms with Gasteiger partial charge < -0.3 is 9.80 Å². The van der Waals surface area contributed by atoms with Gasteiger partial charge in [-0.15, -0.1) is 0 Å². The van der Waals surface area contributed by atoms with Crippen molar-refractivity contribution in [3.8, 4) is 0 Å².